The van der Waals surface area contributed by atoms with Gasteiger partial charge < -0.3 is 9.74 Å². The molecule has 4 heteroatoms. The van der Waals surface area contributed by atoms with Gasteiger partial charge in [0.05, 0.1) is 6.21 Å². The minimum Gasteiger partial charge on any atom is -0.371 e. The van der Waals surface area contributed by atoms with Gasteiger partial charge in [-0.05, 0) is 25.8 Å². The molecule has 1 aromatic rings. The van der Waals surface area contributed by atoms with Crippen LogP contribution in [0.4, 0.5) is 0 Å². The molecule has 96 valence electrons. The summed E-state index contributed by atoms with van der Waals surface area (Å²) in [4.78, 5) is 18.5. The third-order valence-electron chi connectivity index (χ3n) is 3.04. The number of carbonyl (C=O) groups excluding carboxylic acids is 1. The van der Waals surface area contributed by atoms with E-state index in [0.29, 0.717) is 6.42 Å². The molecule has 0 aromatic heterocycles. The van der Waals surface area contributed by atoms with Gasteiger partial charge in [0.25, 0.3) is 0 Å². The number of carbonyl (C=O) groups is 1. The van der Waals surface area contributed by atoms with Gasteiger partial charge in [0.15, 0.2) is 6.23 Å². The highest BCUT2D eigenvalue weighted by Crippen LogP contribution is 2.14. The van der Waals surface area contributed by atoms with Gasteiger partial charge in [-0.2, -0.15) is 0 Å². The number of benzene rings is 1. The molecule has 1 aliphatic rings. The number of rotatable bonds is 4. The highest BCUT2D eigenvalue weighted by molar-refractivity contribution is 5.79. The number of nitrogens with zero attached hydrogens (tertiary/aromatic N) is 2. The van der Waals surface area contributed by atoms with Crippen molar-refractivity contribution in [1.82, 2.24) is 4.90 Å². The molecule has 1 aromatic carbocycles. The molecule has 18 heavy (non-hydrogen) atoms. The molecule has 1 atom stereocenters. The summed E-state index contributed by atoms with van der Waals surface area (Å²) < 4.78 is 0. The number of aryl methyl sites for hydroxylation is 1. The van der Waals surface area contributed by atoms with Gasteiger partial charge in [-0.1, -0.05) is 35.0 Å². The fourth-order valence-corrected chi connectivity index (χ4v) is 1.94. The molecular weight excluding hydrogens is 228 g/mol. The van der Waals surface area contributed by atoms with Crippen LogP contribution in [0.3, 0.4) is 0 Å². The minimum absolute atomic E-state index is 0.146. The number of likely N-dealkylation sites (tertiary alicyclic amines) is 1. The Bertz CT molecular complexity index is 440. The van der Waals surface area contributed by atoms with Crippen LogP contribution in [0.1, 0.15) is 30.9 Å². The maximum Gasteiger partial charge on any atom is 0.225 e. The van der Waals surface area contributed by atoms with Crippen LogP contribution >= 0.6 is 0 Å². The third kappa shape index (κ3) is 3.09. The summed E-state index contributed by atoms with van der Waals surface area (Å²) in [5, 5.41) is 3.93. The molecule has 0 spiro atoms. The monoisotopic (exact) mass is 246 g/mol. The quantitative estimate of drug-likeness (QED) is 0.604. The molecule has 1 fully saturated rings. The van der Waals surface area contributed by atoms with E-state index in [9.17, 15) is 4.79 Å². The van der Waals surface area contributed by atoms with Crippen molar-refractivity contribution in [2.45, 2.75) is 32.9 Å². The van der Waals surface area contributed by atoms with E-state index in [4.69, 9.17) is 4.84 Å². The Morgan fingerprint density at radius 2 is 2.11 bits per heavy atom. The predicted octanol–water partition coefficient (Wildman–Crippen LogP) is 2.31. The van der Waals surface area contributed by atoms with Gasteiger partial charge in [-0.25, -0.2) is 0 Å². The molecule has 2 rings (SSSR count). The normalized spacial score (nSPS) is 17.4. The van der Waals surface area contributed by atoms with Gasteiger partial charge in [-0.15, -0.1) is 0 Å². The minimum atomic E-state index is -0.290. The fourth-order valence-electron chi connectivity index (χ4n) is 1.94. The summed E-state index contributed by atoms with van der Waals surface area (Å²) in [6, 6.07) is 8.01. The molecular formula is C14H18N2O2. The standard InChI is InChI=1S/C14H18N2O2/c1-11-5-7-13(8-6-11)10-15-18-12(2)16-9-3-4-14(16)17/h5-8,10,12H,3-4,9H2,1-2H3/b15-10+. The van der Waals surface area contributed by atoms with Crippen molar-refractivity contribution in [3.05, 3.63) is 35.4 Å². The van der Waals surface area contributed by atoms with Gasteiger partial charge in [-0.3, -0.25) is 4.79 Å². The first-order valence-corrected chi connectivity index (χ1v) is 6.22. The second-order valence-electron chi connectivity index (χ2n) is 4.54. The second kappa shape index (κ2) is 5.67. The van der Waals surface area contributed by atoms with Crippen LogP contribution in [-0.2, 0) is 9.63 Å². The van der Waals surface area contributed by atoms with E-state index in [0.717, 1.165) is 18.5 Å². The predicted molar refractivity (Wildman–Crippen MR) is 70.3 cm³/mol. The molecule has 0 radical (unpaired) electrons. The summed E-state index contributed by atoms with van der Waals surface area (Å²) >= 11 is 0. The van der Waals surface area contributed by atoms with Crippen molar-refractivity contribution < 1.29 is 9.63 Å². The Balaban J connectivity index is 1.87. The van der Waals surface area contributed by atoms with E-state index in [1.165, 1.54) is 5.56 Å². The largest absolute Gasteiger partial charge is 0.371 e. The molecule has 1 saturated heterocycles. The molecule has 0 N–H and O–H groups in total. The zero-order chi connectivity index (χ0) is 13.0. The molecule has 1 unspecified atom stereocenters. The number of amides is 1. The maximum absolute atomic E-state index is 11.5. The van der Waals surface area contributed by atoms with E-state index in [-0.39, 0.29) is 12.1 Å². The second-order valence-corrected chi connectivity index (χ2v) is 4.54. The highest BCUT2D eigenvalue weighted by atomic mass is 16.6. The summed E-state index contributed by atoms with van der Waals surface area (Å²) in [5.74, 6) is 0.146. The molecule has 1 aliphatic heterocycles. The van der Waals surface area contributed by atoms with Gasteiger partial charge in [0.1, 0.15) is 0 Å². The SMILES string of the molecule is Cc1ccc(/C=N/OC(C)N2CCCC2=O)cc1. The van der Waals surface area contributed by atoms with E-state index < -0.39 is 0 Å². The zero-order valence-corrected chi connectivity index (χ0v) is 10.8. The first kappa shape index (κ1) is 12.6. The van der Waals surface area contributed by atoms with E-state index in [1.54, 1.807) is 11.1 Å². The Labute approximate surface area is 107 Å². The Morgan fingerprint density at radius 3 is 2.72 bits per heavy atom. The van der Waals surface area contributed by atoms with E-state index >= 15 is 0 Å². The molecule has 0 bridgehead atoms. The lowest BCUT2D eigenvalue weighted by Crippen LogP contribution is -2.34. The molecule has 0 aliphatic carbocycles. The van der Waals surface area contributed by atoms with Crippen molar-refractivity contribution in [3.8, 4) is 0 Å². The zero-order valence-electron chi connectivity index (χ0n) is 10.8. The number of oxime groups is 1. The van der Waals surface area contributed by atoms with Gasteiger partial charge in [0.2, 0.25) is 5.91 Å². The summed E-state index contributed by atoms with van der Waals surface area (Å²) in [6.45, 7) is 4.65. The summed E-state index contributed by atoms with van der Waals surface area (Å²) in [6.07, 6.45) is 2.90. The van der Waals surface area contributed by atoms with Crippen LogP contribution in [-0.4, -0.2) is 29.8 Å². The smallest absolute Gasteiger partial charge is 0.225 e. The van der Waals surface area contributed by atoms with Crippen molar-refractivity contribution in [2.24, 2.45) is 5.16 Å². The van der Waals surface area contributed by atoms with Gasteiger partial charge in [0, 0.05) is 13.0 Å². The number of hydrogen-bond acceptors (Lipinski definition) is 3. The Kier molecular flexibility index (Phi) is 3.97. The molecule has 1 heterocycles. The first-order chi connectivity index (χ1) is 8.66. The van der Waals surface area contributed by atoms with Crippen LogP contribution in [0.15, 0.2) is 29.4 Å². The van der Waals surface area contributed by atoms with Crippen molar-refractivity contribution in [3.63, 3.8) is 0 Å². The van der Waals surface area contributed by atoms with Crippen LogP contribution in [0.25, 0.3) is 0 Å². The van der Waals surface area contributed by atoms with E-state index in [1.807, 2.05) is 38.1 Å². The van der Waals surface area contributed by atoms with E-state index in [2.05, 4.69) is 5.16 Å². The topological polar surface area (TPSA) is 41.9 Å². The summed E-state index contributed by atoms with van der Waals surface area (Å²) in [7, 11) is 0. The summed E-state index contributed by atoms with van der Waals surface area (Å²) in [5.41, 5.74) is 2.20. The lowest BCUT2D eigenvalue weighted by atomic mass is 10.2. The fraction of sp³-hybridized carbons (Fsp3) is 0.429. The van der Waals surface area contributed by atoms with Crippen LogP contribution in [0, 0.1) is 6.92 Å². The first-order valence-electron chi connectivity index (χ1n) is 6.22. The molecule has 1 amide bonds. The van der Waals surface area contributed by atoms with Crippen molar-refractivity contribution >= 4 is 12.1 Å². The van der Waals surface area contributed by atoms with Crippen molar-refractivity contribution in [2.75, 3.05) is 6.54 Å². The van der Waals surface area contributed by atoms with Crippen LogP contribution in [0.2, 0.25) is 0 Å². The Hall–Kier alpha value is -1.84. The lowest BCUT2D eigenvalue weighted by molar-refractivity contribution is -0.139. The molecule has 0 saturated carbocycles. The van der Waals surface area contributed by atoms with Crippen LogP contribution < -0.4 is 0 Å². The highest BCUT2D eigenvalue weighted by Gasteiger charge is 2.25. The van der Waals surface area contributed by atoms with Crippen molar-refractivity contribution in [1.29, 1.82) is 0 Å². The van der Waals surface area contributed by atoms with Gasteiger partial charge >= 0.3 is 0 Å². The molecule has 4 nitrogen and oxygen atoms in total. The Morgan fingerprint density at radius 1 is 1.39 bits per heavy atom. The maximum atomic E-state index is 11.5. The average Bonchev–Trinajstić information content (AvgIpc) is 2.78. The average molecular weight is 246 g/mol. The van der Waals surface area contributed by atoms with Crippen LogP contribution in [0.5, 0.6) is 0 Å². The number of hydrogen-bond donors (Lipinski definition) is 0. The third-order valence-corrected chi connectivity index (χ3v) is 3.04. The lowest BCUT2D eigenvalue weighted by Gasteiger charge is -2.21.